The van der Waals surface area contributed by atoms with Gasteiger partial charge in [-0.2, -0.15) is 0 Å². The monoisotopic (exact) mass is 377 g/mol. The van der Waals surface area contributed by atoms with Crippen LogP contribution >= 0.6 is 0 Å². The lowest BCUT2D eigenvalue weighted by atomic mass is 10.1. The Kier molecular flexibility index (Phi) is 6.06. The molecule has 0 aliphatic heterocycles. The fourth-order valence-corrected chi connectivity index (χ4v) is 2.57. The zero-order valence-electron chi connectivity index (χ0n) is 16.1. The van der Waals surface area contributed by atoms with Crippen molar-refractivity contribution in [3.63, 3.8) is 0 Å². The highest BCUT2D eigenvalue weighted by Gasteiger charge is 2.06. The number of rotatable bonds is 7. The number of carbonyl (C=O) groups excluding carboxylic acids is 1. The smallest absolute Gasteiger partial charge is 0.229 e. The summed E-state index contributed by atoms with van der Waals surface area (Å²) in [7, 11) is 5.60. The van der Waals surface area contributed by atoms with Gasteiger partial charge in [0.2, 0.25) is 5.91 Å². The molecule has 0 bridgehead atoms. The Morgan fingerprint density at radius 1 is 0.929 bits per heavy atom. The molecule has 3 aromatic rings. The molecule has 3 rings (SSSR count). The van der Waals surface area contributed by atoms with Gasteiger partial charge < -0.3 is 20.3 Å². The molecule has 0 aliphatic carbocycles. The van der Waals surface area contributed by atoms with Crippen molar-refractivity contribution in [2.24, 2.45) is 0 Å². The fraction of sp³-hybridized carbons (Fsp3) is 0.190. The van der Waals surface area contributed by atoms with Crippen LogP contribution in [0.3, 0.4) is 0 Å². The first-order valence-electron chi connectivity index (χ1n) is 8.84. The summed E-state index contributed by atoms with van der Waals surface area (Å²) in [6.45, 7) is 0. The molecule has 0 radical (unpaired) electrons. The summed E-state index contributed by atoms with van der Waals surface area (Å²) in [6.07, 6.45) is 0.254. The van der Waals surface area contributed by atoms with Crippen molar-refractivity contribution in [1.82, 2.24) is 10.2 Å². The number of ether oxygens (including phenoxy) is 1. The minimum Gasteiger partial charge on any atom is -0.497 e. The van der Waals surface area contributed by atoms with E-state index in [4.69, 9.17) is 4.74 Å². The number of nitrogens with one attached hydrogen (secondary N) is 2. The SMILES string of the molecule is COc1ccc(CC(=O)Nc2ccc(Nc3ccc(N(C)C)cc3)nn2)cc1. The summed E-state index contributed by atoms with van der Waals surface area (Å²) in [5.74, 6) is 1.62. The third kappa shape index (κ3) is 5.20. The summed E-state index contributed by atoms with van der Waals surface area (Å²) in [5, 5.41) is 14.1. The average molecular weight is 377 g/mol. The molecule has 7 nitrogen and oxygen atoms in total. The Bertz CT molecular complexity index is 907. The second-order valence-electron chi connectivity index (χ2n) is 6.44. The van der Waals surface area contributed by atoms with Crippen molar-refractivity contribution in [2.45, 2.75) is 6.42 Å². The van der Waals surface area contributed by atoms with Crippen LogP contribution in [0.15, 0.2) is 60.7 Å². The lowest BCUT2D eigenvalue weighted by Gasteiger charge is -2.13. The molecule has 0 aliphatic rings. The first kappa shape index (κ1) is 19.2. The molecule has 144 valence electrons. The van der Waals surface area contributed by atoms with Crippen LogP contribution in [-0.4, -0.2) is 37.3 Å². The maximum Gasteiger partial charge on any atom is 0.229 e. The minimum atomic E-state index is -0.153. The van der Waals surface area contributed by atoms with Crippen LogP contribution in [0.2, 0.25) is 0 Å². The zero-order valence-corrected chi connectivity index (χ0v) is 16.1. The van der Waals surface area contributed by atoms with Gasteiger partial charge >= 0.3 is 0 Å². The van der Waals surface area contributed by atoms with Gasteiger partial charge in [-0.05, 0) is 54.1 Å². The van der Waals surface area contributed by atoms with Crippen LogP contribution in [0.25, 0.3) is 0 Å². The van der Waals surface area contributed by atoms with Crippen molar-refractivity contribution >= 4 is 28.9 Å². The standard InChI is InChI=1S/C21H23N5O2/c1-26(2)17-8-6-16(7-9-17)22-19-12-13-20(25-24-19)23-21(27)14-15-4-10-18(28-3)11-5-15/h4-13H,14H2,1-3H3,(H,22,24)(H,23,25,27). The van der Waals surface area contributed by atoms with Crippen LogP contribution in [-0.2, 0) is 11.2 Å². The second kappa shape index (κ2) is 8.85. The van der Waals surface area contributed by atoms with E-state index in [9.17, 15) is 4.79 Å². The lowest BCUT2D eigenvalue weighted by Crippen LogP contribution is -2.15. The van der Waals surface area contributed by atoms with Crippen molar-refractivity contribution in [3.05, 3.63) is 66.2 Å². The number of anilines is 4. The molecular formula is C21H23N5O2. The number of aromatic nitrogens is 2. The number of hydrogen-bond acceptors (Lipinski definition) is 6. The van der Waals surface area contributed by atoms with Gasteiger partial charge in [0.25, 0.3) is 0 Å². The van der Waals surface area contributed by atoms with E-state index in [0.29, 0.717) is 11.6 Å². The highest BCUT2D eigenvalue weighted by Crippen LogP contribution is 2.19. The molecule has 7 heteroatoms. The molecule has 1 amide bonds. The molecule has 2 aromatic carbocycles. The van der Waals surface area contributed by atoms with Gasteiger partial charge in [0.15, 0.2) is 11.6 Å². The van der Waals surface area contributed by atoms with Crippen LogP contribution < -0.4 is 20.3 Å². The van der Waals surface area contributed by atoms with Gasteiger partial charge in [0.1, 0.15) is 5.75 Å². The molecule has 2 N–H and O–H groups in total. The van der Waals surface area contributed by atoms with E-state index in [-0.39, 0.29) is 12.3 Å². The maximum absolute atomic E-state index is 12.2. The number of amides is 1. The van der Waals surface area contributed by atoms with Crippen molar-refractivity contribution in [2.75, 3.05) is 36.7 Å². The van der Waals surface area contributed by atoms with Gasteiger partial charge in [0.05, 0.1) is 13.5 Å². The third-order valence-corrected chi connectivity index (χ3v) is 4.11. The normalized spacial score (nSPS) is 10.2. The number of carbonyl (C=O) groups is 1. The first-order chi connectivity index (χ1) is 13.5. The quantitative estimate of drug-likeness (QED) is 0.656. The largest absolute Gasteiger partial charge is 0.497 e. The molecule has 0 saturated heterocycles. The topological polar surface area (TPSA) is 79.4 Å². The molecule has 0 fully saturated rings. The van der Waals surface area contributed by atoms with Crippen LogP contribution in [0.1, 0.15) is 5.56 Å². The van der Waals surface area contributed by atoms with Crippen LogP contribution in [0, 0.1) is 0 Å². The summed E-state index contributed by atoms with van der Waals surface area (Å²) >= 11 is 0. The van der Waals surface area contributed by atoms with Crippen molar-refractivity contribution < 1.29 is 9.53 Å². The van der Waals surface area contributed by atoms with E-state index in [1.165, 1.54) is 0 Å². The summed E-state index contributed by atoms with van der Waals surface area (Å²) in [6, 6.07) is 18.8. The second-order valence-corrected chi connectivity index (χ2v) is 6.44. The minimum absolute atomic E-state index is 0.153. The van der Waals surface area contributed by atoms with E-state index in [0.717, 1.165) is 22.7 Å². The highest BCUT2D eigenvalue weighted by molar-refractivity contribution is 5.91. The van der Waals surface area contributed by atoms with E-state index in [1.54, 1.807) is 19.2 Å². The predicted octanol–water partition coefficient (Wildman–Crippen LogP) is 3.48. The number of methoxy groups -OCH3 is 1. The molecule has 28 heavy (non-hydrogen) atoms. The lowest BCUT2D eigenvalue weighted by molar-refractivity contribution is -0.115. The fourth-order valence-electron chi connectivity index (χ4n) is 2.57. The van der Waals surface area contributed by atoms with E-state index < -0.39 is 0 Å². The third-order valence-electron chi connectivity index (χ3n) is 4.11. The van der Waals surface area contributed by atoms with E-state index in [2.05, 4.69) is 20.8 Å². The molecule has 1 aromatic heterocycles. The molecule has 0 unspecified atom stereocenters. The van der Waals surface area contributed by atoms with E-state index >= 15 is 0 Å². The molecule has 0 saturated carbocycles. The zero-order chi connectivity index (χ0) is 19.9. The van der Waals surface area contributed by atoms with E-state index in [1.807, 2.05) is 67.5 Å². The molecule has 1 heterocycles. The number of hydrogen-bond donors (Lipinski definition) is 2. The Labute approximate surface area is 164 Å². The Hall–Kier alpha value is -3.61. The Morgan fingerprint density at radius 3 is 2.14 bits per heavy atom. The predicted molar refractivity (Wildman–Crippen MR) is 111 cm³/mol. The van der Waals surface area contributed by atoms with Gasteiger partial charge in [0, 0.05) is 25.5 Å². The summed E-state index contributed by atoms with van der Waals surface area (Å²) < 4.78 is 5.11. The van der Waals surface area contributed by atoms with Gasteiger partial charge in [-0.1, -0.05) is 12.1 Å². The van der Waals surface area contributed by atoms with Crippen molar-refractivity contribution in [1.29, 1.82) is 0 Å². The van der Waals surface area contributed by atoms with Gasteiger partial charge in [-0.3, -0.25) is 4.79 Å². The Balaban J connectivity index is 1.55. The average Bonchev–Trinajstić information content (AvgIpc) is 2.70. The van der Waals surface area contributed by atoms with Gasteiger partial charge in [-0.25, -0.2) is 0 Å². The van der Waals surface area contributed by atoms with Crippen LogP contribution in [0.4, 0.5) is 23.0 Å². The molecule has 0 atom stereocenters. The molecule has 0 spiro atoms. The van der Waals surface area contributed by atoms with Gasteiger partial charge in [-0.15, -0.1) is 10.2 Å². The molecular weight excluding hydrogens is 354 g/mol. The summed E-state index contributed by atoms with van der Waals surface area (Å²) in [4.78, 5) is 14.2. The maximum atomic E-state index is 12.2. The number of benzene rings is 2. The van der Waals surface area contributed by atoms with Crippen LogP contribution in [0.5, 0.6) is 5.75 Å². The number of nitrogens with zero attached hydrogens (tertiary/aromatic N) is 3. The first-order valence-corrected chi connectivity index (χ1v) is 8.84. The summed E-state index contributed by atoms with van der Waals surface area (Å²) in [5.41, 5.74) is 2.92. The Morgan fingerprint density at radius 2 is 1.57 bits per heavy atom. The van der Waals surface area contributed by atoms with Crippen molar-refractivity contribution in [3.8, 4) is 5.75 Å². The highest BCUT2D eigenvalue weighted by atomic mass is 16.5.